The number of hydrogen-bond acceptors (Lipinski definition) is 4. The number of nitrogens with one attached hydrogen (secondary N) is 1. The van der Waals surface area contributed by atoms with Gasteiger partial charge in [0.2, 0.25) is 0 Å². The minimum Gasteiger partial charge on any atom is -0.488 e. The van der Waals surface area contributed by atoms with Crippen molar-refractivity contribution in [3.8, 4) is 5.75 Å². The zero-order valence-electron chi connectivity index (χ0n) is 17.2. The van der Waals surface area contributed by atoms with E-state index in [2.05, 4.69) is 28.5 Å². The Balaban J connectivity index is 1.47. The van der Waals surface area contributed by atoms with E-state index in [0.717, 1.165) is 33.3 Å². The van der Waals surface area contributed by atoms with Crippen LogP contribution in [0, 0.1) is 0 Å². The lowest BCUT2D eigenvalue weighted by molar-refractivity contribution is -0.115. The Kier molecular flexibility index (Phi) is 5.73. The molecular weight excluding hydrogens is 416 g/mol. The van der Waals surface area contributed by atoms with Gasteiger partial charge in [-0.3, -0.25) is 4.79 Å². The van der Waals surface area contributed by atoms with E-state index in [1.807, 2.05) is 84.9 Å². The smallest absolute Gasteiger partial charge is 0.264 e. The van der Waals surface area contributed by atoms with Crippen molar-refractivity contribution in [2.24, 2.45) is 4.99 Å². The number of aliphatic imine (C=N–C) groups is 1. The highest BCUT2D eigenvalue weighted by molar-refractivity contribution is 8.18. The first-order valence-electron chi connectivity index (χ1n) is 10.3. The molecule has 0 atom stereocenters. The molecule has 0 aromatic heterocycles. The molecule has 4 aromatic carbocycles. The first-order valence-corrected chi connectivity index (χ1v) is 11.1. The third-order valence-corrected chi connectivity index (χ3v) is 5.95. The fourth-order valence-corrected chi connectivity index (χ4v) is 4.28. The summed E-state index contributed by atoms with van der Waals surface area (Å²) in [5, 5.41) is 5.60. The number of nitrogens with zero attached hydrogens (tertiary/aromatic N) is 1. The average Bonchev–Trinajstić information content (AvgIpc) is 3.17. The molecule has 1 heterocycles. The maximum atomic E-state index is 12.6. The Labute approximate surface area is 190 Å². The van der Waals surface area contributed by atoms with Gasteiger partial charge in [0.05, 0.1) is 10.6 Å². The number of benzene rings is 4. The van der Waals surface area contributed by atoms with Gasteiger partial charge in [-0.05, 0) is 58.4 Å². The van der Waals surface area contributed by atoms with Gasteiger partial charge in [-0.1, -0.05) is 72.8 Å². The number of para-hydroxylation sites is 1. The van der Waals surface area contributed by atoms with Crippen molar-refractivity contribution in [1.82, 2.24) is 5.32 Å². The van der Waals surface area contributed by atoms with E-state index in [9.17, 15) is 4.79 Å². The van der Waals surface area contributed by atoms with E-state index in [1.165, 1.54) is 11.8 Å². The van der Waals surface area contributed by atoms with Gasteiger partial charge in [-0.2, -0.15) is 0 Å². The molecule has 4 aromatic rings. The maximum Gasteiger partial charge on any atom is 0.264 e. The molecule has 156 valence electrons. The fraction of sp³-hybridized carbons (Fsp3) is 0.0370. The van der Waals surface area contributed by atoms with Crippen molar-refractivity contribution in [1.29, 1.82) is 0 Å². The van der Waals surface area contributed by atoms with Crippen molar-refractivity contribution >= 4 is 45.4 Å². The fourth-order valence-electron chi connectivity index (χ4n) is 3.45. The van der Waals surface area contributed by atoms with E-state index >= 15 is 0 Å². The van der Waals surface area contributed by atoms with Crippen LogP contribution in [0.5, 0.6) is 5.75 Å². The topological polar surface area (TPSA) is 50.7 Å². The lowest BCUT2D eigenvalue weighted by Gasteiger charge is -2.12. The highest BCUT2D eigenvalue weighted by Gasteiger charge is 2.24. The Hall–Kier alpha value is -3.83. The monoisotopic (exact) mass is 436 g/mol. The lowest BCUT2D eigenvalue weighted by Crippen LogP contribution is -2.19. The van der Waals surface area contributed by atoms with Crippen LogP contribution < -0.4 is 10.1 Å². The maximum absolute atomic E-state index is 12.6. The van der Waals surface area contributed by atoms with Crippen LogP contribution in [0.25, 0.3) is 16.8 Å². The van der Waals surface area contributed by atoms with Crippen molar-refractivity contribution in [3.05, 3.63) is 113 Å². The van der Waals surface area contributed by atoms with Crippen LogP contribution in [-0.2, 0) is 11.4 Å². The molecule has 1 amide bonds. The number of hydrogen-bond donors (Lipinski definition) is 1. The molecule has 0 radical (unpaired) electrons. The van der Waals surface area contributed by atoms with Crippen LogP contribution in [0.1, 0.15) is 11.1 Å². The third kappa shape index (κ3) is 4.58. The van der Waals surface area contributed by atoms with Crippen LogP contribution in [-0.4, -0.2) is 11.1 Å². The molecule has 1 aliphatic rings. The largest absolute Gasteiger partial charge is 0.488 e. The summed E-state index contributed by atoms with van der Waals surface area (Å²) in [6.07, 6.45) is 1.88. The molecule has 0 unspecified atom stereocenters. The molecule has 32 heavy (non-hydrogen) atoms. The second kappa shape index (κ2) is 9.12. The summed E-state index contributed by atoms with van der Waals surface area (Å²) in [5.74, 6) is 0.578. The Bertz CT molecular complexity index is 1330. The molecule has 4 nitrogen and oxygen atoms in total. The Morgan fingerprint density at radius 3 is 2.25 bits per heavy atom. The molecule has 1 aliphatic heterocycles. The van der Waals surface area contributed by atoms with Gasteiger partial charge in [0.25, 0.3) is 5.91 Å². The zero-order chi connectivity index (χ0) is 21.8. The molecule has 5 heteroatoms. The number of carbonyl (C=O) groups is 1. The van der Waals surface area contributed by atoms with Crippen LogP contribution >= 0.6 is 11.8 Å². The van der Waals surface area contributed by atoms with Gasteiger partial charge in [-0.25, -0.2) is 4.99 Å². The Morgan fingerprint density at radius 1 is 0.844 bits per heavy atom. The van der Waals surface area contributed by atoms with E-state index in [-0.39, 0.29) is 5.91 Å². The van der Waals surface area contributed by atoms with Gasteiger partial charge in [0.15, 0.2) is 5.17 Å². The lowest BCUT2D eigenvalue weighted by atomic mass is 10.1. The highest BCUT2D eigenvalue weighted by atomic mass is 32.2. The first kappa shape index (κ1) is 20.1. The van der Waals surface area contributed by atoms with Crippen molar-refractivity contribution in [2.45, 2.75) is 6.61 Å². The SMILES string of the molecule is O=C1NC(=Nc2ccccc2)S/C1=C/c1cc2ccccc2cc1OCc1ccccc1. The molecule has 0 saturated carbocycles. The third-order valence-electron chi connectivity index (χ3n) is 5.04. The molecule has 5 rings (SSSR count). The molecule has 1 N–H and O–H groups in total. The molecule has 0 spiro atoms. The van der Waals surface area contributed by atoms with Crippen LogP contribution in [0.15, 0.2) is 107 Å². The number of fused-ring (bicyclic) bond motifs is 1. The van der Waals surface area contributed by atoms with Gasteiger partial charge < -0.3 is 10.1 Å². The zero-order valence-corrected chi connectivity index (χ0v) is 18.0. The summed E-state index contributed by atoms with van der Waals surface area (Å²) in [4.78, 5) is 17.7. The standard InChI is InChI=1S/C27H20N2O2S/c30-26-25(32-27(29-26)28-23-13-5-2-6-14-23)17-22-15-20-11-7-8-12-21(20)16-24(22)31-18-19-9-3-1-4-10-19/h1-17H,18H2,(H,28,29,30)/b25-17+. The predicted molar refractivity (Wildman–Crippen MR) is 132 cm³/mol. The van der Waals surface area contributed by atoms with E-state index in [4.69, 9.17) is 4.74 Å². The van der Waals surface area contributed by atoms with E-state index in [0.29, 0.717) is 16.7 Å². The Morgan fingerprint density at radius 2 is 1.50 bits per heavy atom. The number of amidine groups is 1. The quantitative estimate of drug-likeness (QED) is 0.373. The summed E-state index contributed by atoms with van der Waals surface area (Å²) < 4.78 is 6.18. The van der Waals surface area contributed by atoms with Crippen molar-refractivity contribution in [2.75, 3.05) is 0 Å². The summed E-state index contributed by atoms with van der Waals surface area (Å²) in [5.41, 5.74) is 2.75. The second-order valence-corrected chi connectivity index (χ2v) is 8.36. The summed E-state index contributed by atoms with van der Waals surface area (Å²) in [6.45, 7) is 0.454. The highest BCUT2D eigenvalue weighted by Crippen LogP contribution is 2.33. The van der Waals surface area contributed by atoms with Gasteiger partial charge >= 0.3 is 0 Å². The normalized spacial score (nSPS) is 15.9. The molecule has 1 fully saturated rings. The minimum atomic E-state index is -0.160. The molecule has 1 saturated heterocycles. The molecule has 0 bridgehead atoms. The average molecular weight is 437 g/mol. The summed E-state index contributed by atoms with van der Waals surface area (Å²) >= 11 is 1.33. The predicted octanol–water partition coefficient (Wildman–Crippen LogP) is 6.31. The van der Waals surface area contributed by atoms with Crippen LogP contribution in [0.2, 0.25) is 0 Å². The summed E-state index contributed by atoms with van der Waals surface area (Å²) in [6, 6.07) is 31.8. The van der Waals surface area contributed by atoms with Gasteiger partial charge in [0, 0.05) is 5.56 Å². The van der Waals surface area contributed by atoms with Crippen LogP contribution in [0.4, 0.5) is 5.69 Å². The van der Waals surface area contributed by atoms with Gasteiger partial charge in [0.1, 0.15) is 12.4 Å². The molecular formula is C27H20N2O2S. The number of ether oxygens (including phenoxy) is 1. The van der Waals surface area contributed by atoms with Gasteiger partial charge in [-0.15, -0.1) is 0 Å². The van der Waals surface area contributed by atoms with Crippen molar-refractivity contribution in [3.63, 3.8) is 0 Å². The van der Waals surface area contributed by atoms with Crippen LogP contribution in [0.3, 0.4) is 0 Å². The summed E-state index contributed by atoms with van der Waals surface area (Å²) in [7, 11) is 0. The van der Waals surface area contributed by atoms with Crippen molar-refractivity contribution < 1.29 is 9.53 Å². The number of carbonyl (C=O) groups excluding carboxylic acids is 1. The number of amides is 1. The number of rotatable bonds is 5. The van der Waals surface area contributed by atoms with E-state index < -0.39 is 0 Å². The van der Waals surface area contributed by atoms with E-state index in [1.54, 1.807) is 0 Å². The number of thioether (sulfide) groups is 1. The first-order chi connectivity index (χ1) is 15.7. The second-order valence-electron chi connectivity index (χ2n) is 7.33. The minimum absolute atomic E-state index is 0.160. The molecule has 0 aliphatic carbocycles.